The third kappa shape index (κ3) is 5.90. The Morgan fingerprint density at radius 1 is 1.21 bits per heavy atom. The molecule has 0 aromatic rings. The molecule has 0 unspecified atom stereocenters. The summed E-state index contributed by atoms with van der Waals surface area (Å²) < 4.78 is 25.8. The van der Waals surface area contributed by atoms with Crippen LogP contribution >= 0.6 is 0 Å². The molecule has 2 fully saturated rings. The Bertz CT molecular complexity index is 663. The SMILES string of the molecule is CCC(CC)CN1C[C@@H]2C[C@H](NS(C)(=O)=O)CN2C(=O)[C@@H]1CNC(=O)C(C)C. The van der Waals surface area contributed by atoms with Crippen LogP contribution in [0.15, 0.2) is 0 Å². The molecule has 0 aliphatic carbocycles. The predicted molar refractivity (Wildman–Crippen MR) is 109 cm³/mol. The van der Waals surface area contributed by atoms with E-state index in [1.54, 1.807) is 4.90 Å². The van der Waals surface area contributed by atoms with Gasteiger partial charge in [0.15, 0.2) is 0 Å². The number of sulfonamides is 1. The van der Waals surface area contributed by atoms with Crippen molar-refractivity contribution in [2.45, 2.75) is 65.1 Å². The highest BCUT2D eigenvalue weighted by Gasteiger charge is 2.46. The monoisotopic (exact) mass is 416 g/mol. The van der Waals surface area contributed by atoms with Crippen molar-refractivity contribution < 1.29 is 18.0 Å². The maximum atomic E-state index is 13.2. The number of rotatable bonds is 9. The third-order valence-corrected chi connectivity index (χ3v) is 6.65. The lowest BCUT2D eigenvalue weighted by molar-refractivity contribution is -0.144. The maximum absolute atomic E-state index is 13.2. The highest BCUT2D eigenvalue weighted by Crippen LogP contribution is 2.28. The topological polar surface area (TPSA) is 98.8 Å². The molecule has 0 bridgehead atoms. The summed E-state index contributed by atoms with van der Waals surface area (Å²) in [4.78, 5) is 29.3. The normalized spacial score (nSPS) is 26.2. The summed E-state index contributed by atoms with van der Waals surface area (Å²) in [6.07, 6.45) is 3.86. The van der Waals surface area contributed by atoms with Crippen LogP contribution in [-0.2, 0) is 19.6 Å². The molecule has 0 saturated carbocycles. The minimum Gasteiger partial charge on any atom is -0.354 e. The van der Waals surface area contributed by atoms with E-state index in [-0.39, 0.29) is 29.8 Å². The summed E-state index contributed by atoms with van der Waals surface area (Å²) in [5.74, 6) is 0.294. The summed E-state index contributed by atoms with van der Waals surface area (Å²) in [6.45, 7) is 10.2. The molecule has 2 aliphatic rings. The quantitative estimate of drug-likeness (QED) is 0.567. The molecule has 0 spiro atoms. The molecular formula is C19H36N4O4S. The van der Waals surface area contributed by atoms with Gasteiger partial charge in [-0.3, -0.25) is 14.5 Å². The Hall–Kier alpha value is -1.19. The van der Waals surface area contributed by atoms with Crippen LogP contribution in [0.25, 0.3) is 0 Å². The summed E-state index contributed by atoms with van der Waals surface area (Å²) in [5.41, 5.74) is 0. The first-order valence-corrected chi connectivity index (χ1v) is 12.2. The number of amides is 2. The molecule has 9 heteroatoms. The van der Waals surface area contributed by atoms with Gasteiger partial charge in [0.1, 0.15) is 6.04 Å². The number of carbonyl (C=O) groups excluding carboxylic acids is 2. The van der Waals surface area contributed by atoms with Crippen LogP contribution in [0.4, 0.5) is 0 Å². The van der Waals surface area contributed by atoms with Gasteiger partial charge < -0.3 is 10.2 Å². The van der Waals surface area contributed by atoms with Gasteiger partial charge in [0.05, 0.1) is 6.26 Å². The van der Waals surface area contributed by atoms with E-state index in [1.165, 1.54) is 0 Å². The molecular weight excluding hydrogens is 380 g/mol. The summed E-state index contributed by atoms with van der Waals surface area (Å²) in [5, 5.41) is 2.91. The zero-order valence-electron chi connectivity index (χ0n) is 17.8. The number of hydrogen-bond donors (Lipinski definition) is 2. The van der Waals surface area contributed by atoms with Crippen molar-refractivity contribution in [1.29, 1.82) is 0 Å². The van der Waals surface area contributed by atoms with E-state index in [9.17, 15) is 18.0 Å². The first-order valence-electron chi connectivity index (χ1n) is 10.3. The largest absolute Gasteiger partial charge is 0.354 e. The van der Waals surface area contributed by atoms with Gasteiger partial charge in [0.2, 0.25) is 21.8 Å². The van der Waals surface area contributed by atoms with Gasteiger partial charge in [-0.1, -0.05) is 40.5 Å². The molecule has 2 N–H and O–H groups in total. The van der Waals surface area contributed by atoms with Crippen molar-refractivity contribution in [1.82, 2.24) is 19.8 Å². The Kier molecular flexibility index (Phi) is 7.87. The average Bonchev–Trinajstić information content (AvgIpc) is 2.99. The van der Waals surface area contributed by atoms with E-state index in [4.69, 9.17) is 0 Å². The van der Waals surface area contributed by atoms with Gasteiger partial charge in [0, 0.05) is 44.2 Å². The van der Waals surface area contributed by atoms with E-state index in [0.717, 1.165) is 25.6 Å². The minimum absolute atomic E-state index is 0.0101. The molecule has 2 aliphatic heterocycles. The first-order chi connectivity index (χ1) is 13.1. The summed E-state index contributed by atoms with van der Waals surface area (Å²) in [6, 6.07) is -0.627. The third-order valence-electron chi connectivity index (χ3n) is 5.89. The molecule has 0 radical (unpaired) electrons. The van der Waals surface area contributed by atoms with Crippen LogP contribution in [-0.4, -0.2) is 80.6 Å². The lowest BCUT2D eigenvalue weighted by Crippen LogP contribution is -2.63. The Morgan fingerprint density at radius 3 is 2.39 bits per heavy atom. The van der Waals surface area contributed by atoms with E-state index in [1.807, 2.05) is 13.8 Å². The zero-order valence-corrected chi connectivity index (χ0v) is 18.6. The highest BCUT2D eigenvalue weighted by atomic mass is 32.2. The molecule has 2 rings (SSSR count). The first kappa shape index (κ1) is 23.1. The van der Waals surface area contributed by atoms with Gasteiger partial charge in [-0.15, -0.1) is 0 Å². The molecule has 28 heavy (non-hydrogen) atoms. The molecule has 162 valence electrons. The molecule has 2 heterocycles. The lowest BCUT2D eigenvalue weighted by Gasteiger charge is -2.44. The average molecular weight is 417 g/mol. The number of hydrogen-bond acceptors (Lipinski definition) is 5. The standard InChI is InChI=1S/C19H36N4O4S/c1-6-14(7-2)10-22-12-16-8-15(21-28(5,26)27)11-23(16)19(25)17(22)9-20-18(24)13(3)4/h13-17,21H,6-12H2,1-5H3,(H,20,24)/t15-,16-,17-/m0/s1. The molecule has 8 nitrogen and oxygen atoms in total. The van der Waals surface area contributed by atoms with E-state index >= 15 is 0 Å². The molecule has 0 aromatic carbocycles. The van der Waals surface area contributed by atoms with Gasteiger partial charge >= 0.3 is 0 Å². The second-order valence-corrected chi connectivity index (χ2v) is 10.3. The second-order valence-electron chi connectivity index (χ2n) is 8.52. The van der Waals surface area contributed by atoms with E-state index in [2.05, 4.69) is 28.8 Å². The number of nitrogens with zero attached hydrogens (tertiary/aromatic N) is 2. The number of piperazine rings is 1. The number of nitrogens with one attached hydrogen (secondary N) is 2. The maximum Gasteiger partial charge on any atom is 0.242 e. The van der Waals surface area contributed by atoms with Crippen molar-refractivity contribution in [3.8, 4) is 0 Å². The van der Waals surface area contributed by atoms with Crippen molar-refractivity contribution in [3.63, 3.8) is 0 Å². The lowest BCUT2D eigenvalue weighted by atomic mass is 9.98. The Labute approximate surface area is 169 Å². The van der Waals surface area contributed by atoms with Crippen LogP contribution in [0.2, 0.25) is 0 Å². The Morgan fingerprint density at radius 2 is 1.86 bits per heavy atom. The van der Waals surface area contributed by atoms with Gasteiger partial charge in [-0.05, 0) is 12.3 Å². The van der Waals surface area contributed by atoms with Crippen LogP contribution in [0.1, 0.15) is 47.0 Å². The minimum atomic E-state index is -3.31. The van der Waals surface area contributed by atoms with Crippen LogP contribution in [0.3, 0.4) is 0 Å². The fourth-order valence-electron chi connectivity index (χ4n) is 4.19. The second kappa shape index (κ2) is 9.54. The van der Waals surface area contributed by atoms with Crippen molar-refractivity contribution in [2.24, 2.45) is 11.8 Å². The fourth-order valence-corrected chi connectivity index (χ4v) is 4.97. The molecule has 2 amide bonds. The zero-order chi connectivity index (χ0) is 21.1. The molecule has 2 saturated heterocycles. The fraction of sp³-hybridized carbons (Fsp3) is 0.895. The van der Waals surface area contributed by atoms with Crippen molar-refractivity contribution >= 4 is 21.8 Å². The number of carbonyl (C=O) groups is 2. The molecule has 0 aromatic heterocycles. The van der Waals surface area contributed by atoms with Crippen LogP contribution in [0.5, 0.6) is 0 Å². The highest BCUT2D eigenvalue weighted by molar-refractivity contribution is 7.88. The summed E-state index contributed by atoms with van der Waals surface area (Å²) in [7, 11) is -3.31. The Balaban J connectivity index is 2.15. The van der Waals surface area contributed by atoms with Gasteiger partial charge in [-0.2, -0.15) is 0 Å². The van der Waals surface area contributed by atoms with Gasteiger partial charge in [-0.25, -0.2) is 13.1 Å². The number of fused-ring (bicyclic) bond motifs is 1. The van der Waals surface area contributed by atoms with Crippen LogP contribution < -0.4 is 10.0 Å². The predicted octanol–water partition coefficient (Wildman–Crippen LogP) is 0.398. The van der Waals surface area contributed by atoms with Gasteiger partial charge in [0.25, 0.3) is 0 Å². The van der Waals surface area contributed by atoms with Crippen molar-refractivity contribution in [3.05, 3.63) is 0 Å². The van der Waals surface area contributed by atoms with Crippen LogP contribution in [0, 0.1) is 11.8 Å². The van der Waals surface area contributed by atoms with E-state index < -0.39 is 16.1 Å². The van der Waals surface area contributed by atoms with Crippen molar-refractivity contribution in [2.75, 3.05) is 32.4 Å². The smallest absolute Gasteiger partial charge is 0.242 e. The summed E-state index contributed by atoms with van der Waals surface area (Å²) >= 11 is 0. The van der Waals surface area contributed by atoms with E-state index in [0.29, 0.717) is 32.0 Å². The molecule has 3 atom stereocenters.